The number of hydrazine groups is 1. The Hall–Kier alpha value is -3.48. The van der Waals surface area contributed by atoms with E-state index in [9.17, 15) is 14.4 Å². The number of carbonyl (C=O) groups excluding carboxylic acids is 2. The molecule has 0 spiro atoms. The molecule has 0 aliphatic rings. The van der Waals surface area contributed by atoms with Crippen LogP contribution in [0.25, 0.3) is 10.8 Å². The smallest absolute Gasteiger partial charge is 0.267 e. The lowest BCUT2D eigenvalue weighted by atomic mass is 10.1. The van der Waals surface area contributed by atoms with Crippen molar-refractivity contribution in [3.8, 4) is 0 Å². The number of benzene rings is 2. The Bertz CT molecular complexity index is 1030. The number of hydrogen-bond donors (Lipinski definition) is 3. The maximum atomic E-state index is 12.4. The first-order chi connectivity index (χ1) is 13.1. The predicted molar refractivity (Wildman–Crippen MR) is 102 cm³/mol. The maximum absolute atomic E-state index is 12.4. The van der Waals surface area contributed by atoms with Gasteiger partial charge in [-0.1, -0.05) is 43.7 Å². The summed E-state index contributed by atoms with van der Waals surface area (Å²) >= 11 is 0. The van der Waals surface area contributed by atoms with Gasteiger partial charge in [-0.15, -0.1) is 0 Å². The Balaban J connectivity index is 1.68. The summed E-state index contributed by atoms with van der Waals surface area (Å²) in [5.41, 5.74) is 5.96. The van der Waals surface area contributed by atoms with Gasteiger partial charge in [-0.2, -0.15) is 5.10 Å². The summed E-state index contributed by atoms with van der Waals surface area (Å²) in [4.78, 5) is 36.4. The van der Waals surface area contributed by atoms with Gasteiger partial charge >= 0.3 is 0 Å². The fraction of sp³-hybridized carbons (Fsp3) is 0.200. The molecular formula is C20H20N4O3. The SMILES string of the molecule is CCCCc1ccc(C(=O)NNC(=O)c2n[nH]c(=O)c3ccccc23)cc1. The standard InChI is InChI=1S/C20H20N4O3/c1-2-3-6-13-9-11-14(12-10-13)18(25)22-24-20(27)17-15-7-4-5-8-16(15)19(26)23-21-17/h4-5,7-12H,2-3,6H2,1H3,(H,22,25)(H,23,26)(H,24,27). The Morgan fingerprint density at radius 3 is 2.33 bits per heavy atom. The molecular weight excluding hydrogens is 344 g/mol. The number of carbonyl (C=O) groups is 2. The quantitative estimate of drug-likeness (QED) is 0.605. The average molecular weight is 364 g/mol. The second-order valence-electron chi connectivity index (χ2n) is 6.16. The van der Waals surface area contributed by atoms with Gasteiger partial charge in [0.25, 0.3) is 17.4 Å². The van der Waals surface area contributed by atoms with E-state index < -0.39 is 11.8 Å². The van der Waals surface area contributed by atoms with Crippen LogP contribution in [0.4, 0.5) is 0 Å². The zero-order valence-corrected chi connectivity index (χ0v) is 14.9. The van der Waals surface area contributed by atoms with Crippen molar-refractivity contribution in [1.82, 2.24) is 21.0 Å². The lowest BCUT2D eigenvalue weighted by Crippen LogP contribution is -2.42. The molecule has 27 heavy (non-hydrogen) atoms. The van der Waals surface area contributed by atoms with Crippen LogP contribution in [0.5, 0.6) is 0 Å². The number of nitrogens with one attached hydrogen (secondary N) is 3. The molecule has 0 fully saturated rings. The average Bonchev–Trinajstić information content (AvgIpc) is 2.71. The van der Waals surface area contributed by atoms with Crippen LogP contribution in [-0.2, 0) is 6.42 Å². The van der Waals surface area contributed by atoms with Crippen LogP contribution >= 0.6 is 0 Å². The van der Waals surface area contributed by atoms with E-state index in [0.717, 1.165) is 19.3 Å². The second-order valence-corrected chi connectivity index (χ2v) is 6.16. The summed E-state index contributed by atoms with van der Waals surface area (Å²) in [6, 6.07) is 13.9. The molecule has 3 rings (SSSR count). The molecule has 0 radical (unpaired) electrons. The lowest BCUT2D eigenvalue weighted by molar-refractivity contribution is 0.0844. The highest BCUT2D eigenvalue weighted by Gasteiger charge is 2.15. The second kappa shape index (κ2) is 8.27. The van der Waals surface area contributed by atoms with Crippen molar-refractivity contribution in [3.05, 3.63) is 75.7 Å². The summed E-state index contributed by atoms with van der Waals surface area (Å²) in [5.74, 6) is -1.05. The Labute approximate surface area is 155 Å². The molecule has 0 atom stereocenters. The van der Waals surface area contributed by atoms with Crippen molar-refractivity contribution in [2.24, 2.45) is 0 Å². The van der Waals surface area contributed by atoms with E-state index in [2.05, 4.69) is 28.0 Å². The lowest BCUT2D eigenvalue weighted by Gasteiger charge is -2.09. The minimum absolute atomic E-state index is 0.0282. The summed E-state index contributed by atoms with van der Waals surface area (Å²) in [7, 11) is 0. The molecule has 0 saturated carbocycles. The zero-order valence-electron chi connectivity index (χ0n) is 14.9. The first-order valence-corrected chi connectivity index (χ1v) is 8.77. The van der Waals surface area contributed by atoms with Crippen LogP contribution in [-0.4, -0.2) is 22.0 Å². The maximum Gasteiger partial charge on any atom is 0.290 e. The van der Waals surface area contributed by atoms with Gasteiger partial charge in [0.2, 0.25) is 0 Å². The molecule has 0 unspecified atom stereocenters. The molecule has 2 amide bonds. The number of rotatable bonds is 5. The Kier molecular flexibility index (Phi) is 5.61. The van der Waals surface area contributed by atoms with E-state index in [4.69, 9.17) is 0 Å². The van der Waals surface area contributed by atoms with Crippen LogP contribution in [0, 0.1) is 0 Å². The molecule has 0 aliphatic heterocycles. The van der Waals surface area contributed by atoms with E-state index in [1.165, 1.54) is 5.56 Å². The first kappa shape index (κ1) is 18.3. The summed E-state index contributed by atoms with van der Waals surface area (Å²) in [6.45, 7) is 2.13. The van der Waals surface area contributed by atoms with E-state index >= 15 is 0 Å². The predicted octanol–water partition coefficient (Wildman–Crippen LogP) is 2.34. The van der Waals surface area contributed by atoms with E-state index in [1.54, 1.807) is 36.4 Å². The largest absolute Gasteiger partial charge is 0.290 e. The molecule has 0 bridgehead atoms. The Morgan fingerprint density at radius 1 is 0.963 bits per heavy atom. The van der Waals surface area contributed by atoms with Crippen LogP contribution in [0.2, 0.25) is 0 Å². The first-order valence-electron chi connectivity index (χ1n) is 8.77. The van der Waals surface area contributed by atoms with Crippen molar-refractivity contribution in [3.63, 3.8) is 0 Å². The third-order valence-electron chi connectivity index (χ3n) is 4.24. The molecule has 138 valence electrons. The number of amides is 2. The molecule has 7 nitrogen and oxygen atoms in total. The van der Waals surface area contributed by atoms with Gasteiger partial charge in [0.05, 0.1) is 5.39 Å². The van der Waals surface area contributed by atoms with Crippen molar-refractivity contribution in [1.29, 1.82) is 0 Å². The molecule has 1 heterocycles. The number of nitrogens with zero attached hydrogens (tertiary/aromatic N) is 1. The molecule has 3 aromatic rings. The molecule has 1 aromatic heterocycles. The molecule has 0 aliphatic carbocycles. The third kappa shape index (κ3) is 4.20. The highest BCUT2D eigenvalue weighted by atomic mass is 16.2. The highest BCUT2D eigenvalue weighted by molar-refractivity contribution is 6.05. The number of fused-ring (bicyclic) bond motifs is 1. The van der Waals surface area contributed by atoms with Crippen molar-refractivity contribution in [2.75, 3.05) is 0 Å². The fourth-order valence-corrected chi connectivity index (χ4v) is 2.74. The summed E-state index contributed by atoms with van der Waals surface area (Å²) in [6.07, 6.45) is 3.18. The molecule has 7 heteroatoms. The van der Waals surface area contributed by atoms with Gasteiger partial charge in [-0.05, 0) is 36.6 Å². The topological polar surface area (TPSA) is 104 Å². The van der Waals surface area contributed by atoms with Crippen LogP contribution < -0.4 is 16.4 Å². The van der Waals surface area contributed by atoms with Gasteiger partial charge in [-0.25, -0.2) is 5.10 Å². The van der Waals surface area contributed by atoms with E-state index in [1.807, 2.05) is 12.1 Å². The third-order valence-corrected chi connectivity index (χ3v) is 4.24. The van der Waals surface area contributed by atoms with Gasteiger partial charge in [0.15, 0.2) is 5.69 Å². The van der Waals surface area contributed by atoms with Crippen molar-refractivity contribution < 1.29 is 9.59 Å². The fourth-order valence-electron chi connectivity index (χ4n) is 2.74. The van der Waals surface area contributed by atoms with Gasteiger partial charge in [-0.3, -0.25) is 25.2 Å². The number of hydrogen-bond acceptors (Lipinski definition) is 4. The summed E-state index contributed by atoms with van der Waals surface area (Å²) < 4.78 is 0. The minimum atomic E-state index is -0.615. The highest BCUT2D eigenvalue weighted by Crippen LogP contribution is 2.12. The van der Waals surface area contributed by atoms with Gasteiger partial charge in [0, 0.05) is 10.9 Å². The zero-order chi connectivity index (χ0) is 19.2. The number of aromatic nitrogens is 2. The van der Waals surface area contributed by atoms with Crippen molar-refractivity contribution >= 4 is 22.6 Å². The van der Waals surface area contributed by atoms with Crippen LogP contribution in [0.15, 0.2) is 53.3 Å². The van der Waals surface area contributed by atoms with Gasteiger partial charge < -0.3 is 0 Å². The number of aryl methyl sites for hydroxylation is 1. The molecule has 3 N–H and O–H groups in total. The van der Waals surface area contributed by atoms with Crippen LogP contribution in [0.3, 0.4) is 0 Å². The van der Waals surface area contributed by atoms with Crippen molar-refractivity contribution in [2.45, 2.75) is 26.2 Å². The number of H-pyrrole nitrogens is 1. The molecule has 2 aromatic carbocycles. The summed E-state index contributed by atoms with van der Waals surface area (Å²) in [5, 5.41) is 6.85. The Morgan fingerprint density at radius 2 is 1.63 bits per heavy atom. The monoisotopic (exact) mass is 364 g/mol. The number of aromatic amines is 1. The number of unbranched alkanes of at least 4 members (excludes halogenated alkanes) is 1. The van der Waals surface area contributed by atoms with E-state index in [-0.39, 0.29) is 11.3 Å². The van der Waals surface area contributed by atoms with Gasteiger partial charge in [0.1, 0.15) is 0 Å². The molecule has 0 saturated heterocycles. The minimum Gasteiger partial charge on any atom is -0.267 e. The normalized spacial score (nSPS) is 10.6. The van der Waals surface area contributed by atoms with Crippen LogP contribution in [0.1, 0.15) is 46.2 Å². The van der Waals surface area contributed by atoms with E-state index in [0.29, 0.717) is 16.3 Å².